The molecule has 2 bridgehead atoms. The lowest BCUT2D eigenvalue weighted by Gasteiger charge is -2.72. The van der Waals surface area contributed by atoms with Gasteiger partial charge in [-0.1, -0.05) is 55.3 Å². The molecule has 5 fully saturated rings. The Hall–Kier alpha value is -1.97. The Morgan fingerprint density at radius 2 is 1.84 bits per heavy atom. The number of benzene rings is 2. The minimum absolute atomic E-state index is 0.0233. The zero-order valence-electron chi connectivity index (χ0n) is 26.5. The molecule has 4 aliphatic carbocycles. The molecule has 2 aromatic rings. The second-order valence-electron chi connectivity index (χ2n) is 14.1. The van der Waals surface area contributed by atoms with Crippen molar-refractivity contribution in [3.05, 3.63) is 59.7 Å². The summed E-state index contributed by atoms with van der Waals surface area (Å²) in [6, 6.07) is 17.7. The van der Waals surface area contributed by atoms with Gasteiger partial charge in [0, 0.05) is 36.1 Å². The average Bonchev–Trinajstić information content (AvgIpc) is 3.81. The molecule has 2 heterocycles. The van der Waals surface area contributed by atoms with Crippen LogP contribution >= 0.6 is 0 Å². The lowest BCUT2D eigenvalue weighted by Crippen LogP contribution is -2.80. The van der Waals surface area contributed by atoms with E-state index in [4.69, 9.17) is 17.8 Å². The maximum absolute atomic E-state index is 13.0. The molecular formula is C36H49NO6S. The van der Waals surface area contributed by atoms with Crippen LogP contribution in [0.2, 0.25) is 0 Å². The van der Waals surface area contributed by atoms with Gasteiger partial charge in [0.15, 0.2) is 11.5 Å². The molecule has 2 aromatic carbocycles. The second-order valence-corrected chi connectivity index (χ2v) is 14.9. The van der Waals surface area contributed by atoms with Gasteiger partial charge in [0.1, 0.15) is 11.7 Å². The van der Waals surface area contributed by atoms with Crippen LogP contribution in [0.3, 0.4) is 0 Å². The van der Waals surface area contributed by atoms with Gasteiger partial charge in [0.05, 0.1) is 12.7 Å². The minimum atomic E-state index is -1.92. The molecule has 0 aromatic heterocycles. The van der Waals surface area contributed by atoms with Crippen molar-refractivity contribution < 1.29 is 27.2 Å². The third kappa shape index (κ3) is 4.77. The van der Waals surface area contributed by atoms with E-state index in [0.29, 0.717) is 30.2 Å². The first-order valence-electron chi connectivity index (χ1n) is 16.9. The molecule has 6 aliphatic rings. The summed E-state index contributed by atoms with van der Waals surface area (Å²) in [5, 5.41) is 11.1. The summed E-state index contributed by atoms with van der Waals surface area (Å²) >= 11 is -1.92. The quantitative estimate of drug-likeness (QED) is 0.263. The Morgan fingerprint density at radius 1 is 1.05 bits per heavy atom. The van der Waals surface area contributed by atoms with Crippen LogP contribution in [0.5, 0.6) is 11.5 Å². The molecule has 1 N–H and O–H groups in total. The monoisotopic (exact) mass is 623 g/mol. The average molecular weight is 624 g/mol. The summed E-state index contributed by atoms with van der Waals surface area (Å²) in [6.45, 7) is 5.75. The van der Waals surface area contributed by atoms with Crippen molar-refractivity contribution in [2.24, 2.45) is 11.3 Å². The second kappa shape index (κ2) is 12.0. The van der Waals surface area contributed by atoms with Crippen molar-refractivity contribution in [2.75, 3.05) is 20.3 Å². The van der Waals surface area contributed by atoms with Gasteiger partial charge in [-0.05, 0) is 95.2 Å². The standard InChI is InChI=1S/C36H49NO6S/c1-25(38)30-24-34-19-20-36(30,40-3)33-35(34,21-22-37(26(34)2)28-17-18-28)29-15-11-16-31(32(29)42-33)43-44(39)41-23-10-5-4-7-12-27-13-8-6-9-14-27/h6,8-9,11,13-16,25-26,28,30,33,38H,4-5,7,10,12,17-24H2,1-3H3. The van der Waals surface area contributed by atoms with Crippen molar-refractivity contribution in [3.63, 3.8) is 0 Å². The number of aliphatic hydroxyl groups excluding tert-OH is 1. The number of unbranched alkanes of at least 4 members (excludes halogenated alkanes) is 3. The third-order valence-electron chi connectivity index (χ3n) is 12.2. The molecule has 240 valence electrons. The zero-order valence-corrected chi connectivity index (χ0v) is 27.4. The van der Waals surface area contributed by atoms with Crippen LogP contribution in [0.1, 0.15) is 89.2 Å². The highest BCUT2D eigenvalue weighted by Crippen LogP contribution is 2.75. The normalized spacial score (nSPS) is 35.3. The molecule has 7 nitrogen and oxygen atoms in total. The van der Waals surface area contributed by atoms with Gasteiger partial charge in [-0.15, -0.1) is 0 Å². The summed E-state index contributed by atoms with van der Waals surface area (Å²) < 4.78 is 38.1. The van der Waals surface area contributed by atoms with Crippen LogP contribution in [0, 0.1) is 11.3 Å². The fraction of sp³-hybridized carbons (Fsp3) is 0.667. The van der Waals surface area contributed by atoms with E-state index in [-0.39, 0.29) is 22.9 Å². The van der Waals surface area contributed by atoms with Crippen LogP contribution in [0.15, 0.2) is 48.5 Å². The lowest BCUT2D eigenvalue weighted by atomic mass is 9.36. The SMILES string of the molecule is COC12CCC3(CC1C(C)O)C(C)N(C1CC1)CCC31c3cccc(OS(=O)OCCCCCCc4ccccc4)c3OC21. The van der Waals surface area contributed by atoms with Crippen molar-refractivity contribution in [2.45, 2.75) is 120 Å². The Morgan fingerprint density at radius 3 is 2.59 bits per heavy atom. The van der Waals surface area contributed by atoms with E-state index in [9.17, 15) is 9.32 Å². The summed E-state index contributed by atoms with van der Waals surface area (Å²) in [6.07, 6.45) is 10.8. The number of para-hydroxylation sites is 1. The first-order chi connectivity index (χ1) is 21.4. The van der Waals surface area contributed by atoms with Crippen molar-refractivity contribution in [3.8, 4) is 11.5 Å². The van der Waals surface area contributed by atoms with E-state index in [1.54, 1.807) is 7.11 Å². The molecule has 8 unspecified atom stereocenters. The van der Waals surface area contributed by atoms with E-state index in [2.05, 4.69) is 42.2 Å². The number of hydrogen-bond acceptors (Lipinski definition) is 7. The number of hydrogen-bond donors (Lipinski definition) is 1. The van der Waals surface area contributed by atoms with Crippen molar-refractivity contribution >= 4 is 11.4 Å². The van der Waals surface area contributed by atoms with Gasteiger partial charge in [0.2, 0.25) is 0 Å². The van der Waals surface area contributed by atoms with Crippen molar-refractivity contribution in [1.29, 1.82) is 0 Å². The lowest BCUT2D eigenvalue weighted by molar-refractivity contribution is -0.285. The van der Waals surface area contributed by atoms with Crippen LogP contribution < -0.4 is 8.92 Å². The molecule has 1 saturated heterocycles. The Balaban J connectivity index is 1.07. The molecule has 8 atom stereocenters. The summed E-state index contributed by atoms with van der Waals surface area (Å²) in [5.74, 6) is 1.13. The molecule has 0 radical (unpaired) electrons. The molecular weight excluding hydrogens is 574 g/mol. The summed E-state index contributed by atoms with van der Waals surface area (Å²) in [4.78, 5) is 2.75. The smallest absolute Gasteiger partial charge is 0.360 e. The van der Waals surface area contributed by atoms with Gasteiger partial charge in [-0.2, -0.15) is 4.21 Å². The largest absolute Gasteiger partial charge is 0.482 e. The van der Waals surface area contributed by atoms with Gasteiger partial charge >= 0.3 is 11.4 Å². The zero-order chi connectivity index (χ0) is 30.5. The van der Waals surface area contributed by atoms with E-state index in [1.807, 2.05) is 25.1 Å². The number of likely N-dealkylation sites (tertiary alicyclic amines) is 1. The van der Waals surface area contributed by atoms with Crippen LogP contribution in [0.4, 0.5) is 0 Å². The molecule has 44 heavy (non-hydrogen) atoms. The minimum Gasteiger partial charge on any atom is -0.482 e. The highest BCUT2D eigenvalue weighted by Gasteiger charge is 2.79. The van der Waals surface area contributed by atoms with Gasteiger partial charge in [-0.25, -0.2) is 0 Å². The number of nitrogens with zero attached hydrogens (tertiary/aromatic N) is 1. The van der Waals surface area contributed by atoms with Crippen LogP contribution in [0.25, 0.3) is 0 Å². The molecule has 2 spiro atoms. The van der Waals surface area contributed by atoms with E-state index < -0.39 is 23.1 Å². The van der Waals surface area contributed by atoms with E-state index >= 15 is 0 Å². The van der Waals surface area contributed by atoms with Crippen LogP contribution in [-0.4, -0.2) is 64.4 Å². The predicted molar refractivity (Wildman–Crippen MR) is 171 cm³/mol. The van der Waals surface area contributed by atoms with Gasteiger partial charge < -0.3 is 18.8 Å². The van der Waals surface area contributed by atoms with E-state index in [0.717, 1.165) is 69.9 Å². The first-order valence-corrected chi connectivity index (χ1v) is 17.9. The highest BCUT2D eigenvalue weighted by molar-refractivity contribution is 7.75. The summed E-state index contributed by atoms with van der Waals surface area (Å²) in [5.41, 5.74) is 1.62. The Kier molecular flexibility index (Phi) is 8.36. The molecule has 0 amide bonds. The molecule has 8 rings (SSSR count). The number of rotatable bonds is 13. The van der Waals surface area contributed by atoms with Gasteiger partial charge in [-0.3, -0.25) is 9.08 Å². The number of aryl methyl sites for hydroxylation is 1. The maximum atomic E-state index is 13.0. The first kappa shape index (κ1) is 30.7. The number of piperidine rings is 1. The Bertz CT molecular complexity index is 1350. The predicted octanol–water partition coefficient (Wildman–Crippen LogP) is 6.29. The fourth-order valence-electron chi connectivity index (χ4n) is 10.0. The third-order valence-corrected chi connectivity index (χ3v) is 12.9. The number of aliphatic hydroxyl groups is 1. The van der Waals surface area contributed by atoms with Crippen molar-refractivity contribution in [1.82, 2.24) is 4.90 Å². The highest BCUT2D eigenvalue weighted by atomic mass is 32.2. The molecule has 8 heteroatoms. The summed E-state index contributed by atoms with van der Waals surface area (Å²) in [7, 11) is 1.79. The number of methoxy groups -OCH3 is 1. The van der Waals surface area contributed by atoms with E-state index in [1.165, 1.54) is 18.4 Å². The van der Waals surface area contributed by atoms with Gasteiger partial charge in [0.25, 0.3) is 0 Å². The Labute approximate surface area is 265 Å². The number of ether oxygens (including phenoxy) is 2. The molecule has 4 saturated carbocycles. The molecule has 2 aliphatic heterocycles. The van der Waals surface area contributed by atoms with Crippen LogP contribution in [-0.2, 0) is 32.1 Å². The topological polar surface area (TPSA) is 77.5 Å². The number of fused-ring (bicyclic) bond motifs is 3. The maximum Gasteiger partial charge on any atom is 0.360 e. The fourth-order valence-corrected chi connectivity index (χ4v) is 10.6.